The fraction of sp³-hybridized carbons (Fsp3) is 0.524. The minimum atomic E-state index is -5.76. The number of ketones is 1. The Bertz CT molecular complexity index is 1020. The number of halogens is 5. The maximum Gasteiger partial charge on any atom is 0.456 e. The number of aromatic nitrogens is 3. The molecule has 0 spiro atoms. The molecule has 0 saturated heterocycles. The van der Waals surface area contributed by atoms with E-state index in [9.17, 15) is 31.5 Å². The lowest BCUT2D eigenvalue weighted by atomic mass is 10.0. The van der Waals surface area contributed by atoms with E-state index in [1.54, 1.807) is 39.8 Å². The molecule has 1 N–H and O–H groups in total. The second kappa shape index (κ2) is 9.84. The van der Waals surface area contributed by atoms with Gasteiger partial charge in [-0.3, -0.25) is 14.6 Å². The van der Waals surface area contributed by atoms with Crippen LogP contribution in [0.5, 0.6) is 5.88 Å². The SMILES string of the molecule is Cc1cc(C(C)NC(=O)c2cc(OCC(F)(F)C(F)(F)F)n(C)n2)cc(CC(=O)C(C)C)n1. The monoisotopic (exact) mass is 476 g/mol. The third kappa shape index (κ3) is 6.72. The van der Waals surface area contributed by atoms with Crippen LogP contribution >= 0.6 is 0 Å². The fourth-order valence-electron chi connectivity index (χ4n) is 2.79. The highest BCUT2D eigenvalue weighted by Crippen LogP contribution is 2.35. The number of alkyl halides is 5. The van der Waals surface area contributed by atoms with Crippen LogP contribution < -0.4 is 10.1 Å². The number of rotatable bonds is 9. The molecule has 0 aliphatic rings. The Hall–Kier alpha value is -3.05. The van der Waals surface area contributed by atoms with Gasteiger partial charge in [0.1, 0.15) is 5.78 Å². The van der Waals surface area contributed by atoms with Gasteiger partial charge in [0.2, 0.25) is 5.88 Å². The molecule has 0 bridgehead atoms. The largest absolute Gasteiger partial charge is 0.471 e. The molecule has 0 radical (unpaired) electrons. The van der Waals surface area contributed by atoms with Gasteiger partial charge in [-0.1, -0.05) is 13.8 Å². The average Bonchev–Trinajstić information content (AvgIpc) is 3.05. The number of nitrogens with zero attached hydrogens (tertiary/aromatic N) is 3. The van der Waals surface area contributed by atoms with Gasteiger partial charge in [-0.15, -0.1) is 0 Å². The van der Waals surface area contributed by atoms with Crippen molar-refractivity contribution in [3.8, 4) is 5.88 Å². The van der Waals surface area contributed by atoms with Crippen LogP contribution in [0, 0.1) is 12.8 Å². The van der Waals surface area contributed by atoms with E-state index in [1.807, 2.05) is 0 Å². The van der Waals surface area contributed by atoms with E-state index in [1.165, 1.54) is 7.05 Å². The summed E-state index contributed by atoms with van der Waals surface area (Å²) in [5, 5.41) is 6.48. The lowest BCUT2D eigenvalue weighted by Gasteiger charge is -2.19. The Balaban J connectivity index is 2.10. The smallest absolute Gasteiger partial charge is 0.456 e. The van der Waals surface area contributed by atoms with E-state index in [4.69, 9.17) is 0 Å². The third-order valence-electron chi connectivity index (χ3n) is 4.76. The van der Waals surface area contributed by atoms with Gasteiger partial charge in [0.25, 0.3) is 5.91 Å². The lowest BCUT2D eigenvalue weighted by molar-refractivity contribution is -0.290. The van der Waals surface area contributed by atoms with Crippen molar-refractivity contribution in [2.75, 3.05) is 6.61 Å². The van der Waals surface area contributed by atoms with Crippen molar-refractivity contribution in [2.45, 2.75) is 52.3 Å². The Labute approximate surface area is 187 Å². The van der Waals surface area contributed by atoms with E-state index in [0.29, 0.717) is 17.0 Å². The maximum absolute atomic E-state index is 13.1. The zero-order valence-corrected chi connectivity index (χ0v) is 18.8. The predicted molar refractivity (Wildman–Crippen MR) is 108 cm³/mol. The number of ether oxygens (including phenoxy) is 1. The first-order valence-electron chi connectivity index (χ1n) is 10.0. The summed E-state index contributed by atoms with van der Waals surface area (Å²) >= 11 is 0. The summed E-state index contributed by atoms with van der Waals surface area (Å²) in [6.07, 6.45) is -5.61. The molecule has 1 amide bonds. The summed E-state index contributed by atoms with van der Waals surface area (Å²) in [6, 6.07) is 3.87. The van der Waals surface area contributed by atoms with E-state index in [2.05, 4.69) is 20.1 Å². The minimum absolute atomic E-state index is 0.0212. The third-order valence-corrected chi connectivity index (χ3v) is 4.76. The first kappa shape index (κ1) is 26.2. The Morgan fingerprint density at radius 1 is 1.12 bits per heavy atom. The van der Waals surface area contributed by atoms with Crippen LogP contribution in [0.15, 0.2) is 18.2 Å². The molecule has 0 fully saturated rings. The van der Waals surface area contributed by atoms with Crippen molar-refractivity contribution in [1.82, 2.24) is 20.1 Å². The van der Waals surface area contributed by atoms with Gasteiger partial charge in [0.05, 0.1) is 6.04 Å². The van der Waals surface area contributed by atoms with Gasteiger partial charge in [-0.25, -0.2) is 4.68 Å². The molecule has 12 heteroatoms. The van der Waals surface area contributed by atoms with Gasteiger partial charge < -0.3 is 10.1 Å². The molecule has 0 aliphatic carbocycles. The molecule has 0 aromatic carbocycles. The lowest BCUT2D eigenvalue weighted by Crippen LogP contribution is -2.42. The van der Waals surface area contributed by atoms with Crippen LogP contribution in [0.1, 0.15) is 54.3 Å². The van der Waals surface area contributed by atoms with Crippen LogP contribution in [-0.2, 0) is 18.3 Å². The Morgan fingerprint density at radius 3 is 2.33 bits per heavy atom. The Kier molecular flexibility index (Phi) is 7.81. The highest BCUT2D eigenvalue weighted by molar-refractivity contribution is 5.92. The topological polar surface area (TPSA) is 86.1 Å². The van der Waals surface area contributed by atoms with E-state index < -0.39 is 36.5 Å². The van der Waals surface area contributed by atoms with Crippen LogP contribution in [0.25, 0.3) is 0 Å². The highest BCUT2D eigenvalue weighted by atomic mass is 19.4. The predicted octanol–water partition coefficient (Wildman–Crippen LogP) is 3.96. The zero-order valence-electron chi connectivity index (χ0n) is 18.8. The van der Waals surface area contributed by atoms with E-state index in [0.717, 1.165) is 10.7 Å². The van der Waals surface area contributed by atoms with Gasteiger partial charge in [-0.2, -0.15) is 27.1 Å². The number of Topliss-reactive ketones (excluding diaryl/α,β-unsaturated/α-hetero) is 1. The van der Waals surface area contributed by atoms with Crippen molar-refractivity contribution >= 4 is 11.7 Å². The summed E-state index contributed by atoms with van der Waals surface area (Å²) in [5.41, 5.74) is 1.67. The molecule has 182 valence electrons. The second-order valence-electron chi connectivity index (χ2n) is 8.01. The van der Waals surface area contributed by atoms with Gasteiger partial charge in [0, 0.05) is 36.8 Å². The fourth-order valence-corrected chi connectivity index (χ4v) is 2.79. The van der Waals surface area contributed by atoms with Crippen molar-refractivity contribution in [1.29, 1.82) is 0 Å². The number of carbonyl (C=O) groups excluding carboxylic acids is 2. The summed E-state index contributed by atoms with van der Waals surface area (Å²) in [4.78, 5) is 28.9. The quantitative estimate of drug-likeness (QED) is 0.554. The number of amides is 1. The first-order valence-corrected chi connectivity index (χ1v) is 10.0. The Morgan fingerprint density at radius 2 is 1.76 bits per heavy atom. The molecule has 1 atom stereocenters. The summed E-state index contributed by atoms with van der Waals surface area (Å²) in [6.45, 7) is 5.07. The van der Waals surface area contributed by atoms with Crippen molar-refractivity contribution < 1.29 is 36.3 Å². The maximum atomic E-state index is 13.1. The first-order chi connectivity index (χ1) is 15.1. The molecule has 2 aromatic heterocycles. The molecule has 2 heterocycles. The van der Waals surface area contributed by atoms with E-state index >= 15 is 0 Å². The number of hydrogen-bond donors (Lipinski definition) is 1. The van der Waals surface area contributed by atoms with Crippen molar-refractivity contribution in [3.05, 3.63) is 40.8 Å². The van der Waals surface area contributed by atoms with Gasteiger partial charge in [0.15, 0.2) is 12.3 Å². The summed E-state index contributed by atoms with van der Waals surface area (Å²) < 4.78 is 68.5. The van der Waals surface area contributed by atoms with Gasteiger partial charge in [-0.05, 0) is 31.5 Å². The summed E-state index contributed by atoms with van der Waals surface area (Å²) in [7, 11) is 1.24. The molecule has 2 aromatic rings. The van der Waals surface area contributed by atoms with E-state index in [-0.39, 0.29) is 23.8 Å². The zero-order chi connectivity index (χ0) is 25.1. The van der Waals surface area contributed by atoms with Crippen LogP contribution in [0.3, 0.4) is 0 Å². The van der Waals surface area contributed by atoms with Gasteiger partial charge >= 0.3 is 12.1 Å². The number of hydrogen-bond acceptors (Lipinski definition) is 5. The van der Waals surface area contributed by atoms with Crippen molar-refractivity contribution in [3.63, 3.8) is 0 Å². The highest BCUT2D eigenvalue weighted by Gasteiger charge is 2.58. The molecule has 0 saturated carbocycles. The van der Waals surface area contributed by atoms with Crippen LogP contribution in [-0.4, -0.2) is 45.2 Å². The number of nitrogens with one attached hydrogen (secondary N) is 1. The molecule has 0 aliphatic heterocycles. The average molecular weight is 476 g/mol. The van der Waals surface area contributed by atoms with Crippen LogP contribution in [0.2, 0.25) is 0 Å². The minimum Gasteiger partial charge on any atom is -0.471 e. The molecular weight excluding hydrogens is 451 g/mol. The van der Waals surface area contributed by atoms with Crippen LogP contribution in [0.4, 0.5) is 22.0 Å². The number of aryl methyl sites for hydroxylation is 2. The molecule has 33 heavy (non-hydrogen) atoms. The van der Waals surface area contributed by atoms with Crippen molar-refractivity contribution in [2.24, 2.45) is 13.0 Å². The normalized spacial score (nSPS) is 13.2. The standard InChI is InChI=1S/C21H25F5N4O3/c1-11(2)17(31)8-15-7-14(6-12(3)27-15)13(4)28-19(32)16-9-18(30(5)29-16)33-10-20(22,23)21(24,25)26/h6-7,9,11,13H,8,10H2,1-5H3,(H,28,32). The number of pyridine rings is 1. The molecule has 7 nitrogen and oxygen atoms in total. The molecular formula is C21H25F5N4O3. The molecule has 2 rings (SSSR count). The number of carbonyl (C=O) groups is 2. The second-order valence-corrected chi connectivity index (χ2v) is 8.01. The summed E-state index contributed by atoms with van der Waals surface area (Å²) in [5.74, 6) is -6.30. The molecule has 1 unspecified atom stereocenters.